The molecule has 2 aromatic heterocycles. The van der Waals surface area contributed by atoms with Gasteiger partial charge in [0.15, 0.2) is 0 Å². The third-order valence-electron chi connectivity index (χ3n) is 1.79. The van der Waals surface area contributed by atoms with Crippen LogP contribution in [0.15, 0.2) is 24.5 Å². The normalized spacial score (nSPS) is 10.8. The van der Waals surface area contributed by atoms with Crippen molar-refractivity contribution in [3.8, 4) is 0 Å². The number of aromatic nitrogens is 2. The molecule has 0 spiro atoms. The maximum absolute atomic E-state index is 9.29. The lowest BCUT2D eigenvalue weighted by Crippen LogP contribution is -1.85. The fraction of sp³-hybridized carbons (Fsp3) is 0.125. The largest absolute Gasteiger partial charge is 0.428 e. The summed E-state index contributed by atoms with van der Waals surface area (Å²) in [4.78, 5) is 4.03. The van der Waals surface area contributed by atoms with E-state index in [1.807, 2.05) is 0 Å². The number of fused-ring (bicyclic) bond motifs is 1. The van der Waals surface area contributed by atoms with E-state index in [4.69, 9.17) is 5.11 Å². The van der Waals surface area contributed by atoms with Crippen LogP contribution in [-0.2, 0) is 6.61 Å². The van der Waals surface area contributed by atoms with Crippen LogP contribution in [0.4, 0.5) is 0 Å². The van der Waals surface area contributed by atoms with Gasteiger partial charge in [-0.25, -0.2) is 0 Å². The van der Waals surface area contributed by atoms with Crippen molar-refractivity contribution >= 4 is 11.0 Å². The third-order valence-corrected chi connectivity index (χ3v) is 1.79. The summed E-state index contributed by atoms with van der Waals surface area (Å²) < 4.78 is 0.966. The highest BCUT2D eigenvalue weighted by Crippen LogP contribution is 2.16. The number of hydrogen-bond acceptors (Lipinski definition) is 3. The molecule has 0 saturated heterocycles. The van der Waals surface area contributed by atoms with Gasteiger partial charge in [-0.3, -0.25) is 4.98 Å². The Morgan fingerprint density at radius 2 is 2.33 bits per heavy atom. The zero-order valence-corrected chi connectivity index (χ0v) is 6.31. The van der Waals surface area contributed by atoms with Gasteiger partial charge in [-0.2, -0.15) is 4.73 Å². The number of rotatable bonds is 1. The Morgan fingerprint density at radius 1 is 1.50 bits per heavy atom. The molecule has 0 unspecified atom stereocenters. The minimum absolute atomic E-state index is 0.110. The van der Waals surface area contributed by atoms with Gasteiger partial charge in [0.2, 0.25) is 0 Å². The summed E-state index contributed by atoms with van der Waals surface area (Å²) in [6, 6.07) is 3.47. The highest BCUT2D eigenvalue weighted by Gasteiger charge is 2.06. The minimum Gasteiger partial charge on any atom is -0.428 e. The Kier molecular flexibility index (Phi) is 1.48. The van der Waals surface area contributed by atoms with Crippen LogP contribution in [0, 0.1) is 0 Å². The molecule has 4 heteroatoms. The van der Waals surface area contributed by atoms with Crippen molar-refractivity contribution in [2.45, 2.75) is 6.61 Å². The lowest BCUT2D eigenvalue weighted by Gasteiger charge is -1.91. The first kappa shape index (κ1) is 7.12. The van der Waals surface area contributed by atoms with E-state index in [2.05, 4.69) is 4.98 Å². The summed E-state index contributed by atoms with van der Waals surface area (Å²) >= 11 is 0. The summed E-state index contributed by atoms with van der Waals surface area (Å²) in [6.07, 6.45) is 3.08. The molecule has 0 radical (unpaired) electrons. The molecule has 2 aromatic rings. The molecule has 0 aliphatic rings. The number of aliphatic hydroxyl groups is 1. The second kappa shape index (κ2) is 2.49. The first-order valence-corrected chi connectivity index (χ1v) is 3.58. The molecule has 0 aliphatic carbocycles. The van der Waals surface area contributed by atoms with Crippen LogP contribution in [0.2, 0.25) is 0 Å². The van der Waals surface area contributed by atoms with Gasteiger partial charge in [-0.1, -0.05) is 0 Å². The second-order valence-electron chi connectivity index (χ2n) is 2.53. The summed E-state index contributed by atoms with van der Waals surface area (Å²) in [6.45, 7) is -0.110. The average Bonchev–Trinajstić information content (AvgIpc) is 2.44. The van der Waals surface area contributed by atoms with E-state index in [9.17, 15) is 5.21 Å². The highest BCUT2D eigenvalue weighted by atomic mass is 16.5. The smallest absolute Gasteiger partial charge is 0.105 e. The number of nitrogens with zero attached hydrogens (tertiary/aromatic N) is 2. The Balaban J connectivity index is 2.82. The molecule has 2 heterocycles. The van der Waals surface area contributed by atoms with Crippen LogP contribution in [0.5, 0.6) is 0 Å². The van der Waals surface area contributed by atoms with Crippen LogP contribution in [0.1, 0.15) is 5.56 Å². The van der Waals surface area contributed by atoms with Crippen LogP contribution < -0.4 is 0 Å². The minimum atomic E-state index is -0.110. The van der Waals surface area contributed by atoms with Crippen molar-refractivity contribution in [2.75, 3.05) is 0 Å². The first-order chi connectivity index (χ1) is 5.83. The van der Waals surface area contributed by atoms with Crippen molar-refractivity contribution in [3.05, 3.63) is 30.1 Å². The third kappa shape index (κ3) is 0.853. The molecule has 62 valence electrons. The maximum atomic E-state index is 9.29. The van der Waals surface area contributed by atoms with E-state index in [-0.39, 0.29) is 6.61 Å². The monoisotopic (exact) mass is 164 g/mol. The van der Waals surface area contributed by atoms with Crippen LogP contribution >= 0.6 is 0 Å². The molecule has 0 saturated carbocycles. The molecule has 0 fully saturated rings. The van der Waals surface area contributed by atoms with Crippen molar-refractivity contribution in [3.63, 3.8) is 0 Å². The molecular formula is C8H8N2O2. The number of pyridine rings is 1. The van der Waals surface area contributed by atoms with E-state index in [1.165, 1.54) is 6.20 Å². The number of hydrogen-bond donors (Lipinski definition) is 2. The summed E-state index contributed by atoms with van der Waals surface area (Å²) in [5.74, 6) is 0. The lowest BCUT2D eigenvalue weighted by molar-refractivity contribution is 0.197. The second-order valence-corrected chi connectivity index (χ2v) is 2.53. The van der Waals surface area contributed by atoms with Gasteiger partial charge in [0.1, 0.15) is 5.52 Å². The highest BCUT2D eigenvalue weighted by molar-refractivity contribution is 5.78. The quantitative estimate of drug-likeness (QED) is 0.612. The Bertz CT molecular complexity index is 408. The summed E-state index contributed by atoms with van der Waals surface area (Å²) in [5, 5.41) is 18.2. The molecule has 0 bridgehead atoms. The van der Waals surface area contributed by atoms with Crippen molar-refractivity contribution < 1.29 is 10.3 Å². The molecular weight excluding hydrogens is 156 g/mol. The molecule has 0 atom stereocenters. The van der Waals surface area contributed by atoms with E-state index in [0.29, 0.717) is 16.6 Å². The zero-order chi connectivity index (χ0) is 8.55. The van der Waals surface area contributed by atoms with Gasteiger partial charge in [0.25, 0.3) is 0 Å². The molecule has 0 amide bonds. The van der Waals surface area contributed by atoms with Crippen LogP contribution in [-0.4, -0.2) is 20.0 Å². The maximum Gasteiger partial charge on any atom is 0.105 e. The molecule has 2 N–H and O–H groups in total. The van der Waals surface area contributed by atoms with Gasteiger partial charge in [-0.05, 0) is 12.1 Å². The van der Waals surface area contributed by atoms with Crippen molar-refractivity contribution in [1.29, 1.82) is 0 Å². The van der Waals surface area contributed by atoms with Gasteiger partial charge < -0.3 is 10.3 Å². The van der Waals surface area contributed by atoms with E-state index in [1.54, 1.807) is 18.3 Å². The van der Waals surface area contributed by atoms with E-state index >= 15 is 0 Å². The molecule has 0 aliphatic heterocycles. The topological polar surface area (TPSA) is 58.3 Å². The van der Waals surface area contributed by atoms with E-state index < -0.39 is 0 Å². The molecule has 4 nitrogen and oxygen atoms in total. The van der Waals surface area contributed by atoms with Crippen LogP contribution in [0.25, 0.3) is 11.0 Å². The predicted molar refractivity (Wildman–Crippen MR) is 42.8 cm³/mol. The first-order valence-electron chi connectivity index (χ1n) is 3.58. The van der Waals surface area contributed by atoms with Gasteiger partial charge >= 0.3 is 0 Å². The lowest BCUT2D eigenvalue weighted by atomic mass is 10.3. The fourth-order valence-electron chi connectivity index (χ4n) is 1.22. The Labute approximate surface area is 68.7 Å². The van der Waals surface area contributed by atoms with Gasteiger partial charge in [0.05, 0.1) is 18.3 Å². The van der Waals surface area contributed by atoms with E-state index in [0.717, 1.165) is 4.73 Å². The van der Waals surface area contributed by atoms with Crippen LogP contribution in [0.3, 0.4) is 0 Å². The number of aliphatic hydroxyl groups excluding tert-OH is 1. The Hall–Kier alpha value is -1.55. The SMILES string of the molecule is OCc1cn(O)c2cccnc12. The van der Waals surface area contributed by atoms with Gasteiger partial charge in [0, 0.05) is 11.8 Å². The zero-order valence-electron chi connectivity index (χ0n) is 6.31. The summed E-state index contributed by atoms with van der Waals surface area (Å²) in [5.41, 5.74) is 1.89. The van der Waals surface area contributed by atoms with Crippen molar-refractivity contribution in [1.82, 2.24) is 9.71 Å². The molecule has 0 aromatic carbocycles. The summed E-state index contributed by atoms with van der Waals surface area (Å²) in [7, 11) is 0. The van der Waals surface area contributed by atoms with Crippen molar-refractivity contribution in [2.24, 2.45) is 0 Å². The van der Waals surface area contributed by atoms with Gasteiger partial charge in [-0.15, -0.1) is 0 Å². The average molecular weight is 164 g/mol. The molecule has 2 rings (SSSR count). The fourth-order valence-corrected chi connectivity index (χ4v) is 1.22. The Morgan fingerprint density at radius 3 is 3.08 bits per heavy atom. The standard InChI is InChI=1S/C8H8N2O2/c11-5-6-4-10(12)7-2-1-3-9-8(6)7/h1-4,11-12H,5H2. The predicted octanol–water partition coefficient (Wildman–Crippen LogP) is 0.766. The molecule has 12 heavy (non-hydrogen) atoms.